The van der Waals surface area contributed by atoms with Crippen LogP contribution in [0.2, 0.25) is 0 Å². The zero-order valence-corrected chi connectivity index (χ0v) is 14.0. The van der Waals surface area contributed by atoms with Crippen molar-refractivity contribution < 1.29 is 14.5 Å². The predicted octanol–water partition coefficient (Wildman–Crippen LogP) is 2.91. The molecular weight excluding hydrogens is 376 g/mol. The van der Waals surface area contributed by atoms with Gasteiger partial charge in [-0.25, -0.2) is 4.90 Å². The molecule has 1 aromatic rings. The number of nitro benzene ring substituents is 1. The summed E-state index contributed by atoms with van der Waals surface area (Å²) in [6, 6.07) is 4.14. The Morgan fingerprint density at radius 3 is 2.17 bits per heavy atom. The van der Waals surface area contributed by atoms with Gasteiger partial charge in [0.1, 0.15) is 0 Å². The topological polar surface area (TPSA) is 80.5 Å². The van der Waals surface area contributed by atoms with E-state index in [1.807, 2.05) is 0 Å². The number of imide groups is 1. The van der Waals surface area contributed by atoms with Crippen LogP contribution < -0.4 is 4.90 Å². The van der Waals surface area contributed by atoms with E-state index in [9.17, 15) is 19.7 Å². The average molecular weight is 389 g/mol. The molecule has 122 valence electrons. The van der Waals surface area contributed by atoms with E-state index >= 15 is 0 Å². The molecule has 0 spiro atoms. The van der Waals surface area contributed by atoms with Crippen LogP contribution in [0.5, 0.6) is 0 Å². The van der Waals surface area contributed by atoms with E-state index in [4.69, 9.17) is 0 Å². The number of hydrogen-bond donors (Lipinski definition) is 0. The van der Waals surface area contributed by atoms with Crippen molar-refractivity contribution in [2.24, 2.45) is 35.5 Å². The molecule has 0 radical (unpaired) electrons. The number of non-ortho nitro benzene ring substituents is 1. The number of nitrogens with zero attached hydrogens (tertiary/aromatic N) is 2. The van der Waals surface area contributed by atoms with Crippen LogP contribution in [-0.4, -0.2) is 16.7 Å². The van der Waals surface area contributed by atoms with Crippen LogP contribution in [0.3, 0.4) is 0 Å². The lowest BCUT2D eigenvalue weighted by molar-refractivity contribution is -0.384. The van der Waals surface area contributed by atoms with Crippen LogP contribution in [0.1, 0.15) is 6.42 Å². The first-order chi connectivity index (χ1) is 11.5. The fourth-order valence-corrected chi connectivity index (χ4v) is 5.53. The van der Waals surface area contributed by atoms with Gasteiger partial charge in [-0.1, -0.05) is 12.2 Å². The molecule has 1 heterocycles. The fourth-order valence-electron chi connectivity index (χ4n) is 4.99. The average Bonchev–Trinajstić information content (AvgIpc) is 3.33. The minimum atomic E-state index is -0.500. The summed E-state index contributed by atoms with van der Waals surface area (Å²) in [5.74, 6) is 0.591. The molecule has 7 heteroatoms. The number of allylic oxidation sites excluding steroid dienone is 2. The predicted molar refractivity (Wildman–Crippen MR) is 88.0 cm³/mol. The highest BCUT2D eigenvalue weighted by Gasteiger charge is 2.67. The third kappa shape index (κ3) is 1.65. The first-order valence-corrected chi connectivity index (χ1v) is 8.78. The zero-order chi connectivity index (χ0) is 16.7. The van der Waals surface area contributed by atoms with Gasteiger partial charge >= 0.3 is 0 Å². The molecule has 1 aliphatic heterocycles. The first-order valence-electron chi connectivity index (χ1n) is 7.99. The van der Waals surface area contributed by atoms with Gasteiger partial charge < -0.3 is 0 Å². The Morgan fingerprint density at radius 1 is 1.08 bits per heavy atom. The summed E-state index contributed by atoms with van der Waals surface area (Å²) in [6.07, 6.45) is 5.37. The summed E-state index contributed by atoms with van der Waals surface area (Å²) in [7, 11) is 0. The van der Waals surface area contributed by atoms with Crippen LogP contribution in [0, 0.1) is 45.6 Å². The van der Waals surface area contributed by atoms with Crippen molar-refractivity contribution in [1.29, 1.82) is 0 Å². The largest absolute Gasteiger partial charge is 0.274 e. The Labute approximate surface area is 145 Å². The van der Waals surface area contributed by atoms with Gasteiger partial charge in [-0.05, 0) is 52.1 Å². The summed E-state index contributed by atoms with van der Waals surface area (Å²) in [4.78, 5) is 37.6. The molecule has 4 aliphatic carbocycles. The van der Waals surface area contributed by atoms with E-state index in [0.29, 0.717) is 22.0 Å². The third-order valence-electron chi connectivity index (χ3n) is 6.05. The van der Waals surface area contributed by atoms with Crippen LogP contribution in [0.15, 0.2) is 34.8 Å². The molecule has 6 nitrogen and oxygen atoms in total. The quantitative estimate of drug-likeness (QED) is 0.337. The van der Waals surface area contributed by atoms with E-state index in [1.54, 1.807) is 0 Å². The number of anilines is 1. The highest BCUT2D eigenvalue weighted by atomic mass is 79.9. The maximum Gasteiger partial charge on any atom is 0.270 e. The second kappa shape index (κ2) is 4.53. The van der Waals surface area contributed by atoms with Crippen molar-refractivity contribution in [3.8, 4) is 0 Å². The highest BCUT2D eigenvalue weighted by Crippen LogP contribution is 2.65. The van der Waals surface area contributed by atoms with E-state index in [-0.39, 0.29) is 41.2 Å². The van der Waals surface area contributed by atoms with Gasteiger partial charge in [-0.3, -0.25) is 19.7 Å². The molecule has 2 bridgehead atoms. The number of nitro groups is 1. The van der Waals surface area contributed by atoms with Crippen molar-refractivity contribution >= 4 is 39.1 Å². The van der Waals surface area contributed by atoms with Gasteiger partial charge in [0.2, 0.25) is 11.8 Å². The first kappa shape index (κ1) is 14.3. The Balaban J connectivity index is 1.56. The Morgan fingerprint density at radius 2 is 1.67 bits per heavy atom. The number of halogens is 1. The molecule has 24 heavy (non-hydrogen) atoms. The van der Waals surface area contributed by atoms with Crippen molar-refractivity contribution in [3.63, 3.8) is 0 Å². The van der Waals surface area contributed by atoms with Gasteiger partial charge in [0, 0.05) is 16.6 Å². The lowest BCUT2D eigenvalue weighted by Crippen LogP contribution is -2.40. The standard InChI is InChI=1S/C17H13BrN2O4/c18-12-5-7(20(23)24)1-4-13(12)19-16(21)14-8-2-3-9(11-6-10(8)11)15(14)17(19)22/h1-5,8-11,14-15H,6H2/t8-,9-,10-,11-,14+,15+/m0/s1. The van der Waals surface area contributed by atoms with E-state index in [0.717, 1.165) is 6.42 Å². The van der Waals surface area contributed by atoms with Crippen LogP contribution >= 0.6 is 15.9 Å². The van der Waals surface area contributed by atoms with Crippen LogP contribution in [0.4, 0.5) is 11.4 Å². The lowest BCUT2D eigenvalue weighted by atomic mass is 9.63. The van der Waals surface area contributed by atoms with Crippen molar-refractivity contribution in [2.75, 3.05) is 4.90 Å². The molecule has 3 fully saturated rings. The fraction of sp³-hybridized carbons (Fsp3) is 0.412. The monoisotopic (exact) mass is 388 g/mol. The van der Waals surface area contributed by atoms with Crippen LogP contribution in [0.25, 0.3) is 0 Å². The molecule has 1 aromatic carbocycles. The Kier molecular flexibility index (Phi) is 2.71. The normalized spacial score (nSPS) is 38.3. The number of amides is 2. The van der Waals surface area contributed by atoms with Crippen molar-refractivity contribution in [2.45, 2.75) is 6.42 Å². The SMILES string of the molecule is O=C1[C@@H]2[C@H]3C=C[C@@H]([C@@H]4C[C@@H]34)[C@H]2C(=O)N1c1ccc([N+](=O)[O-])cc1Br. The molecule has 0 aromatic heterocycles. The number of hydrogen-bond acceptors (Lipinski definition) is 4. The van der Waals surface area contributed by atoms with Crippen LogP contribution in [-0.2, 0) is 9.59 Å². The van der Waals surface area contributed by atoms with Crippen molar-refractivity contribution in [3.05, 3.63) is 44.9 Å². The molecule has 5 aliphatic rings. The summed E-state index contributed by atoms with van der Waals surface area (Å²) in [6.45, 7) is 0. The van der Waals surface area contributed by atoms with Crippen molar-refractivity contribution in [1.82, 2.24) is 0 Å². The zero-order valence-electron chi connectivity index (χ0n) is 12.5. The third-order valence-corrected chi connectivity index (χ3v) is 6.68. The molecule has 0 N–H and O–H groups in total. The van der Waals surface area contributed by atoms with E-state index < -0.39 is 4.92 Å². The number of carbonyl (C=O) groups is 2. The second-order valence-corrected chi connectivity index (χ2v) is 7.91. The second-order valence-electron chi connectivity index (χ2n) is 7.06. The molecule has 1 saturated heterocycles. The molecule has 6 atom stereocenters. The minimum absolute atomic E-state index is 0.0786. The molecule has 6 rings (SSSR count). The van der Waals surface area contributed by atoms with Gasteiger partial charge in [-0.15, -0.1) is 0 Å². The maximum absolute atomic E-state index is 13.0. The molecular formula is C17H13BrN2O4. The molecule has 2 saturated carbocycles. The Hall–Kier alpha value is -2.02. The molecule has 0 unspecified atom stereocenters. The molecule has 2 amide bonds. The summed E-state index contributed by atoms with van der Waals surface area (Å²) >= 11 is 3.28. The summed E-state index contributed by atoms with van der Waals surface area (Å²) < 4.78 is 0.391. The number of carbonyl (C=O) groups excluding carboxylic acids is 2. The van der Waals surface area contributed by atoms with Gasteiger partial charge in [0.25, 0.3) is 5.69 Å². The lowest BCUT2D eigenvalue weighted by Gasteiger charge is -2.37. The maximum atomic E-state index is 13.0. The van der Waals surface area contributed by atoms with Gasteiger partial charge in [0.05, 0.1) is 22.4 Å². The number of benzene rings is 1. The highest BCUT2D eigenvalue weighted by molar-refractivity contribution is 9.10. The smallest absolute Gasteiger partial charge is 0.270 e. The van der Waals surface area contributed by atoms with E-state index in [1.165, 1.54) is 23.1 Å². The van der Waals surface area contributed by atoms with Gasteiger partial charge in [-0.2, -0.15) is 0 Å². The van der Waals surface area contributed by atoms with Gasteiger partial charge in [0.15, 0.2) is 0 Å². The summed E-state index contributed by atoms with van der Waals surface area (Å²) in [5.41, 5.74) is 0.322. The number of rotatable bonds is 2. The van der Waals surface area contributed by atoms with E-state index in [2.05, 4.69) is 28.1 Å². The summed E-state index contributed by atoms with van der Waals surface area (Å²) in [5, 5.41) is 10.9. The minimum Gasteiger partial charge on any atom is -0.274 e. The Bertz CT molecular complexity index is 815.